The SMILES string of the molecule is CC[C@H]1O[C@@H](n2cc(C)c(N)nc2=O)C(OC)C1OP(=O)(O)OI. The number of nitrogen functional groups attached to an aromatic ring is 1. The highest BCUT2D eigenvalue weighted by Gasteiger charge is 2.49. The Morgan fingerprint density at radius 3 is 2.75 bits per heavy atom. The molecule has 0 bridgehead atoms. The molecule has 1 aliphatic heterocycles. The van der Waals surface area contributed by atoms with E-state index in [-0.39, 0.29) is 5.82 Å². The quantitative estimate of drug-likeness (QED) is 0.461. The van der Waals surface area contributed by atoms with Gasteiger partial charge in [0.2, 0.25) is 0 Å². The summed E-state index contributed by atoms with van der Waals surface area (Å²) < 4.78 is 33.8. The second kappa shape index (κ2) is 7.77. The maximum Gasteiger partial charge on any atom is 0.482 e. The number of hydrogen-bond acceptors (Lipinski definition) is 8. The molecule has 2 heterocycles. The third-order valence-corrected chi connectivity index (χ3v) is 5.93. The van der Waals surface area contributed by atoms with Gasteiger partial charge in [-0.2, -0.15) is 4.98 Å². The lowest BCUT2D eigenvalue weighted by atomic mass is 10.1. The summed E-state index contributed by atoms with van der Waals surface area (Å²) in [6, 6.07) is 0. The minimum absolute atomic E-state index is 0.126. The van der Waals surface area contributed by atoms with E-state index < -0.39 is 38.1 Å². The van der Waals surface area contributed by atoms with Crippen molar-refractivity contribution in [3.63, 3.8) is 0 Å². The molecule has 1 saturated heterocycles. The zero-order chi connectivity index (χ0) is 18.1. The van der Waals surface area contributed by atoms with Gasteiger partial charge < -0.3 is 20.1 Å². The number of methoxy groups -OCH3 is 1. The molecular weight excluding hydrogens is 456 g/mol. The lowest BCUT2D eigenvalue weighted by molar-refractivity contribution is -0.0540. The van der Waals surface area contributed by atoms with Crippen molar-refractivity contribution < 1.29 is 26.3 Å². The van der Waals surface area contributed by atoms with Crippen molar-refractivity contribution >= 4 is 36.6 Å². The number of halogens is 1. The Bertz CT molecular complexity index is 700. The Kier molecular flexibility index (Phi) is 6.40. The largest absolute Gasteiger partial charge is 0.482 e. The van der Waals surface area contributed by atoms with E-state index in [9.17, 15) is 14.3 Å². The van der Waals surface area contributed by atoms with Crippen molar-refractivity contribution in [2.24, 2.45) is 0 Å². The molecule has 1 fully saturated rings. The van der Waals surface area contributed by atoms with Crippen LogP contribution in [0, 0.1) is 6.92 Å². The van der Waals surface area contributed by atoms with Crippen molar-refractivity contribution in [2.45, 2.75) is 44.8 Å². The molecule has 12 heteroatoms. The van der Waals surface area contributed by atoms with Crippen LogP contribution in [-0.2, 0) is 21.4 Å². The number of ether oxygens (including phenoxy) is 2. The third-order valence-electron chi connectivity index (χ3n) is 3.75. The highest BCUT2D eigenvalue weighted by atomic mass is 127. The van der Waals surface area contributed by atoms with Gasteiger partial charge in [0.15, 0.2) is 6.23 Å². The predicted octanol–water partition coefficient (Wildman–Crippen LogP) is 1.31. The van der Waals surface area contributed by atoms with E-state index in [0.717, 1.165) is 0 Å². The highest BCUT2D eigenvalue weighted by molar-refractivity contribution is 14.1. The summed E-state index contributed by atoms with van der Waals surface area (Å²) in [6.45, 7) is 3.52. The van der Waals surface area contributed by atoms with Crippen LogP contribution in [0.15, 0.2) is 11.0 Å². The van der Waals surface area contributed by atoms with E-state index in [2.05, 4.69) is 7.84 Å². The summed E-state index contributed by atoms with van der Waals surface area (Å²) >= 11 is 1.29. The van der Waals surface area contributed by atoms with E-state index in [1.807, 2.05) is 6.92 Å². The first-order chi connectivity index (χ1) is 11.2. The van der Waals surface area contributed by atoms with E-state index >= 15 is 0 Å². The Labute approximate surface area is 152 Å². The Morgan fingerprint density at radius 2 is 2.21 bits per heavy atom. The third kappa shape index (κ3) is 3.98. The lowest BCUT2D eigenvalue weighted by Crippen LogP contribution is -2.38. The summed E-state index contributed by atoms with van der Waals surface area (Å²) in [5.74, 6) is 0.126. The zero-order valence-corrected chi connectivity index (χ0v) is 16.3. The van der Waals surface area contributed by atoms with Crippen LogP contribution < -0.4 is 11.4 Å². The van der Waals surface area contributed by atoms with Gasteiger partial charge in [-0.25, -0.2) is 12.2 Å². The molecule has 1 aromatic heterocycles. The molecule has 0 amide bonds. The topological polar surface area (TPSA) is 135 Å². The van der Waals surface area contributed by atoms with Gasteiger partial charge in [-0.05, 0) is 13.3 Å². The fourth-order valence-corrected chi connectivity index (χ4v) is 3.44. The maximum atomic E-state index is 12.1. The Balaban J connectivity index is 2.40. The van der Waals surface area contributed by atoms with Crippen molar-refractivity contribution in [2.75, 3.05) is 12.8 Å². The first-order valence-electron chi connectivity index (χ1n) is 7.09. The number of phosphoric ester groups is 1. The highest BCUT2D eigenvalue weighted by Crippen LogP contribution is 2.50. The van der Waals surface area contributed by atoms with Crippen LogP contribution in [0.1, 0.15) is 25.1 Å². The molecule has 3 N–H and O–H groups in total. The first kappa shape index (κ1) is 19.8. The summed E-state index contributed by atoms with van der Waals surface area (Å²) in [6.07, 6.45) is -1.19. The Hall–Kier alpha value is -0.560. The minimum Gasteiger partial charge on any atom is -0.383 e. The molecule has 2 rings (SSSR count). The normalized spacial score (nSPS) is 29.5. The maximum absolute atomic E-state index is 12.1. The Morgan fingerprint density at radius 1 is 1.54 bits per heavy atom. The van der Waals surface area contributed by atoms with Crippen LogP contribution in [0.5, 0.6) is 0 Å². The molecule has 24 heavy (non-hydrogen) atoms. The van der Waals surface area contributed by atoms with Gasteiger partial charge in [0.05, 0.1) is 6.10 Å². The molecule has 0 aliphatic carbocycles. The molecular formula is C12H19IN3O7P. The summed E-state index contributed by atoms with van der Waals surface area (Å²) in [5.41, 5.74) is 5.61. The molecule has 3 unspecified atom stereocenters. The smallest absolute Gasteiger partial charge is 0.383 e. The van der Waals surface area contributed by atoms with Gasteiger partial charge in [-0.3, -0.25) is 9.09 Å². The second-order valence-corrected chi connectivity index (χ2v) is 7.75. The van der Waals surface area contributed by atoms with Gasteiger partial charge in [-0.1, -0.05) is 6.92 Å². The van der Waals surface area contributed by atoms with E-state index in [1.54, 1.807) is 6.92 Å². The van der Waals surface area contributed by atoms with Gasteiger partial charge >= 0.3 is 13.5 Å². The zero-order valence-electron chi connectivity index (χ0n) is 13.3. The number of anilines is 1. The summed E-state index contributed by atoms with van der Waals surface area (Å²) in [4.78, 5) is 25.5. The van der Waals surface area contributed by atoms with Gasteiger partial charge in [0.25, 0.3) is 0 Å². The van der Waals surface area contributed by atoms with Crippen LogP contribution >= 0.6 is 30.8 Å². The van der Waals surface area contributed by atoms with Crippen LogP contribution in [0.25, 0.3) is 0 Å². The van der Waals surface area contributed by atoms with Gasteiger partial charge in [0, 0.05) is 18.9 Å². The number of nitrogens with zero attached hydrogens (tertiary/aromatic N) is 2. The van der Waals surface area contributed by atoms with Crippen molar-refractivity contribution in [1.29, 1.82) is 0 Å². The number of phosphoric acid groups is 1. The average molecular weight is 475 g/mol. The average Bonchev–Trinajstić information content (AvgIpc) is 2.87. The van der Waals surface area contributed by atoms with Crippen molar-refractivity contribution in [1.82, 2.24) is 9.55 Å². The molecule has 5 atom stereocenters. The van der Waals surface area contributed by atoms with E-state index in [1.165, 1.54) is 40.9 Å². The molecule has 0 radical (unpaired) electrons. The molecule has 1 aromatic rings. The summed E-state index contributed by atoms with van der Waals surface area (Å²) in [7, 11) is -2.87. The van der Waals surface area contributed by atoms with Crippen molar-refractivity contribution in [3.05, 3.63) is 22.2 Å². The predicted molar refractivity (Wildman–Crippen MR) is 92.4 cm³/mol. The molecule has 10 nitrogen and oxygen atoms in total. The van der Waals surface area contributed by atoms with Crippen LogP contribution in [0.3, 0.4) is 0 Å². The van der Waals surface area contributed by atoms with E-state index in [0.29, 0.717) is 12.0 Å². The standard InChI is InChI=1S/C12H19IN3O7P/c1-4-7-8(22-24(18,19)23-13)9(20-3)11(21-7)16-5-6(2)10(14)15-12(16)17/h5,7-9,11H,4H2,1-3H3,(H,18,19)(H2,14,15,17)/t7-,8?,9?,11-/m1/s1. The van der Waals surface area contributed by atoms with E-state index in [4.69, 9.17) is 19.7 Å². The van der Waals surface area contributed by atoms with Crippen LogP contribution in [0.2, 0.25) is 0 Å². The molecule has 0 aromatic carbocycles. The molecule has 0 saturated carbocycles. The molecule has 1 aliphatic rings. The number of rotatable bonds is 6. The monoisotopic (exact) mass is 475 g/mol. The molecule has 136 valence electrons. The number of nitrogens with two attached hydrogens (primary N) is 1. The summed E-state index contributed by atoms with van der Waals surface area (Å²) in [5, 5.41) is 0. The van der Waals surface area contributed by atoms with Gasteiger partial charge in [0.1, 0.15) is 41.0 Å². The second-order valence-electron chi connectivity index (χ2n) is 5.28. The van der Waals surface area contributed by atoms with Crippen molar-refractivity contribution in [3.8, 4) is 0 Å². The van der Waals surface area contributed by atoms with Gasteiger partial charge in [-0.15, -0.1) is 0 Å². The van der Waals surface area contributed by atoms with Crippen LogP contribution in [0.4, 0.5) is 5.82 Å². The number of hydrogen-bond donors (Lipinski definition) is 2. The lowest BCUT2D eigenvalue weighted by Gasteiger charge is -2.24. The number of aryl methyl sites for hydroxylation is 1. The fourth-order valence-electron chi connectivity index (χ4n) is 2.57. The number of aromatic nitrogens is 2. The van der Waals surface area contributed by atoms with Crippen LogP contribution in [-0.4, -0.2) is 39.9 Å². The minimum atomic E-state index is -4.27. The fraction of sp³-hybridized carbons (Fsp3) is 0.667. The first-order valence-corrected chi connectivity index (χ1v) is 9.46. The molecule has 0 spiro atoms.